The van der Waals surface area contributed by atoms with E-state index in [2.05, 4.69) is 31.6 Å². The van der Waals surface area contributed by atoms with Crippen molar-refractivity contribution < 1.29 is 18.8 Å². The van der Waals surface area contributed by atoms with Gasteiger partial charge >= 0.3 is 0 Å². The number of fused-ring (bicyclic) bond motifs is 1. The number of benzene rings is 2. The molecule has 2 aliphatic rings. The van der Waals surface area contributed by atoms with Crippen LogP contribution in [0.3, 0.4) is 0 Å². The molecule has 1 saturated heterocycles. The molecular weight excluding hydrogens is 433 g/mol. The molecule has 0 aliphatic carbocycles. The van der Waals surface area contributed by atoms with Crippen LogP contribution >= 0.6 is 15.9 Å². The monoisotopic (exact) mass is 445 g/mol. The van der Waals surface area contributed by atoms with Crippen LogP contribution in [0.15, 0.2) is 63.3 Å². The summed E-state index contributed by atoms with van der Waals surface area (Å²) in [7, 11) is 0. The zero-order chi connectivity index (χ0) is 19.8. The Morgan fingerprint density at radius 3 is 2.43 bits per heavy atom. The number of amides is 3. The third-order valence-corrected chi connectivity index (χ3v) is 4.90. The molecule has 28 heavy (non-hydrogen) atoms. The maximum atomic E-state index is 13.1. The van der Waals surface area contributed by atoms with Crippen molar-refractivity contribution in [2.75, 3.05) is 16.8 Å². The minimum atomic E-state index is -1.02. The van der Waals surface area contributed by atoms with Crippen LogP contribution in [0.1, 0.15) is 0 Å². The fourth-order valence-corrected chi connectivity index (χ4v) is 3.34. The molecule has 0 spiro atoms. The molecule has 8 nitrogen and oxygen atoms in total. The molecule has 2 atom stereocenters. The van der Waals surface area contributed by atoms with Crippen molar-refractivity contribution in [1.82, 2.24) is 5.01 Å². The van der Waals surface area contributed by atoms with Crippen LogP contribution in [0.5, 0.6) is 0 Å². The highest BCUT2D eigenvalue weighted by molar-refractivity contribution is 9.10. The summed E-state index contributed by atoms with van der Waals surface area (Å²) in [6.07, 6.45) is 0. The summed E-state index contributed by atoms with van der Waals surface area (Å²) >= 11 is 3.31. The first kappa shape index (κ1) is 18.2. The Morgan fingerprint density at radius 1 is 1.07 bits per heavy atom. The van der Waals surface area contributed by atoms with Gasteiger partial charge in [0.1, 0.15) is 12.4 Å². The van der Waals surface area contributed by atoms with Crippen LogP contribution in [0.2, 0.25) is 0 Å². The Bertz CT molecular complexity index is 980. The molecule has 0 bridgehead atoms. The van der Waals surface area contributed by atoms with Gasteiger partial charge in [-0.3, -0.25) is 19.4 Å². The van der Waals surface area contributed by atoms with Crippen molar-refractivity contribution in [1.29, 1.82) is 0 Å². The summed E-state index contributed by atoms with van der Waals surface area (Å²) in [4.78, 5) is 38.6. The fourth-order valence-electron chi connectivity index (χ4n) is 3.08. The largest absolute Gasteiger partial charge is 0.324 e. The van der Waals surface area contributed by atoms with Gasteiger partial charge < -0.3 is 5.32 Å². The molecule has 2 aromatic carbocycles. The second-order valence-corrected chi connectivity index (χ2v) is 7.15. The molecule has 4 rings (SSSR count). The SMILES string of the molecule is O=C(CN1N=N[C@H]2C(=O)N(c3ccc(F)cc3)C(=O)[C@@H]21)Nc1ccc(Br)cc1. The van der Waals surface area contributed by atoms with Crippen LogP contribution in [0.4, 0.5) is 15.8 Å². The number of carbonyl (C=O) groups is 3. The predicted octanol–water partition coefficient (Wildman–Crippen LogP) is 2.52. The normalized spacial score (nSPS) is 20.6. The number of rotatable bonds is 4. The zero-order valence-corrected chi connectivity index (χ0v) is 15.8. The molecule has 0 aromatic heterocycles. The highest BCUT2D eigenvalue weighted by Crippen LogP contribution is 2.31. The average molecular weight is 446 g/mol. The molecular formula is C18H13BrFN5O3. The zero-order valence-electron chi connectivity index (χ0n) is 14.3. The van der Waals surface area contributed by atoms with Gasteiger partial charge in [0.25, 0.3) is 11.8 Å². The quantitative estimate of drug-likeness (QED) is 0.731. The summed E-state index contributed by atoms with van der Waals surface area (Å²) < 4.78 is 14.0. The molecule has 2 heterocycles. The molecule has 1 fully saturated rings. The first-order valence-electron chi connectivity index (χ1n) is 8.30. The van der Waals surface area contributed by atoms with E-state index >= 15 is 0 Å². The van der Waals surface area contributed by atoms with Gasteiger partial charge in [0.05, 0.1) is 5.69 Å². The van der Waals surface area contributed by atoms with Crippen molar-refractivity contribution in [3.8, 4) is 0 Å². The van der Waals surface area contributed by atoms with Crippen molar-refractivity contribution in [2.45, 2.75) is 12.1 Å². The molecule has 3 amide bonds. The van der Waals surface area contributed by atoms with Crippen LogP contribution in [0.25, 0.3) is 0 Å². The van der Waals surface area contributed by atoms with Gasteiger partial charge in [0, 0.05) is 10.2 Å². The highest BCUT2D eigenvalue weighted by Gasteiger charge is 2.55. The number of nitrogens with one attached hydrogen (secondary N) is 1. The van der Waals surface area contributed by atoms with Crippen molar-refractivity contribution >= 4 is 45.0 Å². The lowest BCUT2D eigenvalue weighted by Crippen LogP contribution is -2.43. The first-order valence-corrected chi connectivity index (χ1v) is 9.09. The van der Waals surface area contributed by atoms with Gasteiger partial charge in [-0.15, -0.1) is 0 Å². The van der Waals surface area contributed by atoms with Gasteiger partial charge in [0.15, 0.2) is 12.1 Å². The van der Waals surface area contributed by atoms with Crippen LogP contribution in [-0.4, -0.2) is 41.4 Å². The predicted molar refractivity (Wildman–Crippen MR) is 101 cm³/mol. The molecule has 0 saturated carbocycles. The van der Waals surface area contributed by atoms with Gasteiger partial charge in [-0.05, 0) is 48.5 Å². The molecule has 2 aromatic rings. The third kappa shape index (κ3) is 3.26. The van der Waals surface area contributed by atoms with Crippen LogP contribution < -0.4 is 10.2 Å². The molecule has 1 N–H and O–H groups in total. The van der Waals surface area contributed by atoms with Crippen molar-refractivity contribution in [3.63, 3.8) is 0 Å². The van der Waals surface area contributed by atoms with Crippen LogP contribution in [-0.2, 0) is 14.4 Å². The molecule has 142 valence electrons. The third-order valence-electron chi connectivity index (χ3n) is 4.38. The Balaban J connectivity index is 1.48. The molecule has 0 unspecified atom stereocenters. The van der Waals surface area contributed by atoms with Gasteiger partial charge in [-0.2, -0.15) is 5.11 Å². The smallest absolute Gasteiger partial charge is 0.263 e. The standard InChI is InChI=1S/C18H13BrFN5O3/c19-10-1-5-12(6-2-10)21-14(26)9-24-16-15(22-23-24)17(27)25(18(16)28)13-7-3-11(20)4-8-13/h1-8,15-16H,9H2,(H,21,26)/t15-,16-/m1/s1. The van der Waals surface area contributed by atoms with Crippen LogP contribution in [0, 0.1) is 5.82 Å². The van der Waals surface area contributed by atoms with E-state index in [9.17, 15) is 18.8 Å². The minimum Gasteiger partial charge on any atom is -0.324 e. The molecule has 10 heteroatoms. The number of carbonyl (C=O) groups excluding carboxylic acids is 3. The topological polar surface area (TPSA) is 94.4 Å². The number of hydrogen-bond acceptors (Lipinski definition) is 6. The number of anilines is 2. The van der Waals surface area contributed by atoms with Crippen molar-refractivity contribution in [2.24, 2.45) is 10.3 Å². The van der Waals surface area contributed by atoms with E-state index in [1.807, 2.05) is 0 Å². The summed E-state index contributed by atoms with van der Waals surface area (Å²) in [5.74, 6) is -1.99. The first-order chi connectivity index (χ1) is 13.4. The number of hydrogen-bond donors (Lipinski definition) is 1. The van der Waals surface area contributed by atoms with Gasteiger partial charge in [-0.25, -0.2) is 9.29 Å². The van der Waals surface area contributed by atoms with E-state index in [0.717, 1.165) is 21.5 Å². The van der Waals surface area contributed by atoms with E-state index in [0.29, 0.717) is 5.69 Å². The maximum Gasteiger partial charge on any atom is 0.263 e. The van der Waals surface area contributed by atoms with E-state index in [-0.39, 0.29) is 12.2 Å². The number of imide groups is 1. The maximum absolute atomic E-state index is 13.1. The van der Waals surface area contributed by atoms with Gasteiger partial charge in [-0.1, -0.05) is 21.2 Å². The Kier molecular flexibility index (Phi) is 4.63. The van der Waals surface area contributed by atoms with E-state index < -0.39 is 35.6 Å². The Hall–Kier alpha value is -3.14. The molecule has 2 aliphatic heterocycles. The number of halogens is 2. The Labute approximate surface area is 167 Å². The lowest BCUT2D eigenvalue weighted by molar-refractivity contribution is -0.123. The highest BCUT2D eigenvalue weighted by atomic mass is 79.9. The second-order valence-electron chi connectivity index (χ2n) is 6.24. The van der Waals surface area contributed by atoms with E-state index in [1.54, 1.807) is 24.3 Å². The van der Waals surface area contributed by atoms with Gasteiger partial charge in [0.2, 0.25) is 5.91 Å². The molecule has 0 radical (unpaired) electrons. The summed E-state index contributed by atoms with van der Waals surface area (Å²) in [5, 5.41) is 11.6. The lowest BCUT2D eigenvalue weighted by atomic mass is 10.1. The number of nitrogens with zero attached hydrogens (tertiary/aromatic N) is 4. The summed E-state index contributed by atoms with van der Waals surface area (Å²) in [5.41, 5.74) is 0.836. The fraction of sp³-hybridized carbons (Fsp3) is 0.167. The average Bonchev–Trinajstić information content (AvgIpc) is 3.18. The van der Waals surface area contributed by atoms with Crippen molar-refractivity contribution in [3.05, 3.63) is 58.8 Å². The van der Waals surface area contributed by atoms with E-state index in [4.69, 9.17) is 0 Å². The minimum absolute atomic E-state index is 0.239. The summed E-state index contributed by atoms with van der Waals surface area (Å²) in [6.45, 7) is -0.239. The Morgan fingerprint density at radius 2 is 1.75 bits per heavy atom. The van der Waals surface area contributed by atoms with E-state index in [1.165, 1.54) is 17.1 Å². The summed E-state index contributed by atoms with van der Waals surface area (Å²) in [6, 6.07) is 9.99. The lowest BCUT2D eigenvalue weighted by Gasteiger charge is -2.20. The second kappa shape index (κ2) is 7.12.